The molecule has 0 atom stereocenters. The van der Waals surface area contributed by atoms with Crippen LogP contribution < -0.4 is 15.1 Å². The van der Waals surface area contributed by atoms with Gasteiger partial charge in [0.2, 0.25) is 5.91 Å². The lowest BCUT2D eigenvalue weighted by molar-refractivity contribution is -0.117. The first-order valence-electron chi connectivity index (χ1n) is 6.54. The zero-order valence-electron chi connectivity index (χ0n) is 11.6. The molecule has 0 bridgehead atoms. The van der Waals surface area contributed by atoms with E-state index in [0.29, 0.717) is 19.7 Å². The van der Waals surface area contributed by atoms with Crippen molar-refractivity contribution in [1.29, 1.82) is 0 Å². The van der Waals surface area contributed by atoms with Crippen LogP contribution in [0.1, 0.15) is 0 Å². The van der Waals surface area contributed by atoms with Crippen molar-refractivity contribution in [1.82, 2.24) is 5.32 Å². The van der Waals surface area contributed by atoms with E-state index >= 15 is 0 Å². The number of hydrogen-bond donors (Lipinski definition) is 1. The van der Waals surface area contributed by atoms with Crippen molar-refractivity contribution < 1.29 is 9.53 Å². The number of rotatable bonds is 5. The Bertz CT molecular complexity index is 436. The molecule has 1 N–H and O–H groups in total. The molecular weight excluding hydrogens is 242 g/mol. The van der Waals surface area contributed by atoms with Gasteiger partial charge in [-0.25, -0.2) is 0 Å². The Morgan fingerprint density at radius 2 is 2.05 bits per heavy atom. The first kappa shape index (κ1) is 13.8. The normalized spacial score (nSPS) is 14.4. The second-order valence-electron chi connectivity index (χ2n) is 4.63. The second-order valence-corrected chi connectivity index (χ2v) is 4.63. The molecule has 0 aliphatic carbocycles. The third-order valence-electron chi connectivity index (χ3n) is 3.30. The number of methoxy groups -OCH3 is 1. The second kappa shape index (κ2) is 6.54. The minimum atomic E-state index is 0.108. The number of nitrogens with zero attached hydrogens (tertiary/aromatic N) is 2. The summed E-state index contributed by atoms with van der Waals surface area (Å²) in [5.74, 6) is 0.108. The Labute approximate surface area is 114 Å². The standard InChI is InChI=1S/C14H21N3O2/c1-16-8-9-17(13-6-4-3-5-12(13)16)14(18)11-15-7-10-19-2/h3-6,15H,7-11H2,1-2H3. The molecule has 0 unspecified atom stereocenters. The maximum atomic E-state index is 12.2. The van der Waals surface area contributed by atoms with Gasteiger partial charge in [-0.1, -0.05) is 12.1 Å². The van der Waals surface area contributed by atoms with Crippen LogP contribution in [0.25, 0.3) is 0 Å². The third kappa shape index (κ3) is 3.24. The highest BCUT2D eigenvalue weighted by Gasteiger charge is 2.24. The lowest BCUT2D eigenvalue weighted by Gasteiger charge is -2.35. The van der Waals surface area contributed by atoms with Crippen LogP contribution >= 0.6 is 0 Å². The Balaban J connectivity index is 2.01. The summed E-state index contributed by atoms with van der Waals surface area (Å²) in [6.07, 6.45) is 0. The van der Waals surface area contributed by atoms with Gasteiger partial charge in [-0.15, -0.1) is 0 Å². The van der Waals surface area contributed by atoms with Crippen molar-refractivity contribution in [2.45, 2.75) is 0 Å². The predicted molar refractivity (Wildman–Crippen MR) is 76.8 cm³/mol. The van der Waals surface area contributed by atoms with Crippen LogP contribution in [-0.2, 0) is 9.53 Å². The van der Waals surface area contributed by atoms with Crippen LogP contribution in [0.5, 0.6) is 0 Å². The number of para-hydroxylation sites is 2. The van der Waals surface area contributed by atoms with Crippen LogP contribution in [0.15, 0.2) is 24.3 Å². The molecule has 5 nitrogen and oxygen atoms in total. The highest BCUT2D eigenvalue weighted by atomic mass is 16.5. The molecule has 0 saturated carbocycles. The average molecular weight is 263 g/mol. The van der Waals surface area contributed by atoms with Gasteiger partial charge >= 0.3 is 0 Å². The monoisotopic (exact) mass is 263 g/mol. The van der Waals surface area contributed by atoms with Crippen LogP contribution in [0.3, 0.4) is 0 Å². The molecule has 19 heavy (non-hydrogen) atoms. The van der Waals surface area contributed by atoms with Crippen LogP contribution in [0.2, 0.25) is 0 Å². The predicted octanol–water partition coefficient (Wildman–Crippen LogP) is 0.705. The fourth-order valence-corrected chi connectivity index (χ4v) is 2.23. The zero-order valence-corrected chi connectivity index (χ0v) is 11.6. The molecule has 0 spiro atoms. The van der Waals surface area contributed by atoms with E-state index in [1.54, 1.807) is 7.11 Å². The largest absolute Gasteiger partial charge is 0.383 e. The zero-order chi connectivity index (χ0) is 13.7. The number of amides is 1. The van der Waals surface area contributed by atoms with Gasteiger partial charge in [-0.2, -0.15) is 0 Å². The lowest BCUT2D eigenvalue weighted by atomic mass is 10.1. The minimum Gasteiger partial charge on any atom is -0.383 e. The van der Waals surface area contributed by atoms with Gasteiger partial charge in [0.05, 0.1) is 24.5 Å². The summed E-state index contributed by atoms with van der Waals surface area (Å²) in [5, 5.41) is 3.10. The van der Waals surface area contributed by atoms with Crippen molar-refractivity contribution in [3.8, 4) is 0 Å². The number of fused-ring (bicyclic) bond motifs is 1. The summed E-state index contributed by atoms with van der Waals surface area (Å²) >= 11 is 0. The molecular formula is C14H21N3O2. The van der Waals surface area contributed by atoms with Crippen molar-refractivity contribution in [3.05, 3.63) is 24.3 Å². The number of hydrogen-bond acceptors (Lipinski definition) is 4. The summed E-state index contributed by atoms with van der Waals surface area (Å²) < 4.78 is 4.95. The lowest BCUT2D eigenvalue weighted by Crippen LogP contribution is -2.46. The van der Waals surface area contributed by atoms with Gasteiger partial charge in [0, 0.05) is 33.8 Å². The van der Waals surface area contributed by atoms with E-state index < -0.39 is 0 Å². The average Bonchev–Trinajstić information content (AvgIpc) is 2.44. The van der Waals surface area contributed by atoms with E-state index in [1.165, 1.54) is 0 Å². The molecule has 0 fully saturated rings. The maximum absolute atomic E-state index is 12.2. The number of anilines is 2. The van der Waals surface area contributed by atoms with Gasteiger partial charge in [0.25, 0.3) is 0 Å². The van der Waals surface area contributed by atoms with Crippen LogP contribution in [0, 0.1) is 0 Å². The summed E-state index contributed by atoms with van der Waals surface area (Å²) in [6.45, 7) is 3.25. The number of nitrogens with one attached hydrogen (secondary N) is 1. The molecule has 5 heteroatoms. The van der Waals surface area contributed by atoms with E-state index in [0.717, 1.165) is 24.5 Å². The Kier molecular flexibility index (Phi) is 4.76. The smallest absolute Gasteiger partial charge is 0.241 e. The SMILES string of the molecule is COCCNCC(=O)N1CCN(C)c2ccccc21. The number of likely N-dealkylation sites (N-methyl/N-ethyl adjacent to an activating group) is 1. The third-order valence-corrected chi connectivity index (χ3v) is 3.30. The Morgan fingerprint density at radius 3 is 2.79 bits per heavy atom. The number of carbonyl (C=O) groups is 1. The van der Waals surface area contributed by atoms with E-state index in [2.05, 4.69) is 17.3 Å². The molecule has 0 radical (unpaired) electrons. The van der Waals surface area contributed by atoms with Crippen molar-refractivity contribution in [2.24, 2.45) is 0 Å². The summed E-state index contributed by atoms with van der Waals surface area (Å²) in [4.78, 5) is 16.3. The van der Waals surface area contributed by atoms with Crippen molar-refractivity contribution in [2.75, 3.05) is 56.7 Å². The maximum Gasteiger partial charge on any atom is 0.241 e. The molecule has 1 aromatic carbocycles. The molecule has 1 aromatic rings. The fourth-order valence-electron chi connectivity index (χ4n) is 2.23. The molecule has 0 aromatic heterocycles. The van der Waals surface area contributed by atoms with Gasteiger partial charge < -0.3 is 19.9 Å². The van der Waals surface area contributed by atoms with Crippen molar-refractivity contribution >= 4 is 17.3 Å². The van der Waals surface area contributed by atoms with Gasteiger partial charge in [-0.3, -0.25) is 4.79 Å². The number of ether oxygens (including phenoxy) is 1. The van der Waals surface area contributed by atoms with E-state index in [4.69, 9.17) is 4.74 Å². The number of benzene rings is 1. The quantitative estimate of drug-likeness (QED) is 0.795. The molecule has 0 saturated heterocycles. The van der Waals surface area contributed by atoms with E-state index in [1.807, 2.05) is 29.2 Å². The van der Waals surface area contributed by atoms with E-state index in [-0.39, 0.29) is 5.91 Å². The topological polar surface area (TPSA) is 44.8 Å². The highest BCUT2D eigenvalue weighted by Crippen LogP contribution is 2.31. The summed E-state index contributed by atoms with van der Waals surface area (Å²) in [6, 6.07) is 8.02. The van der Waals surface area contributed by atoms with Crippen LogP contribution in [0.4, 0.5) is 11.4 Å². The van der Waals surface area contributed by atoms with Gasteiger partial charge in [-0.05, 0) is 12.1 Å². The molecule has 1 aliphatic heterocycles. The van der Waals surface area contributed by atoms with Gasteiger partial charge in [0.1, 0.15) is 0 Å². The summed E-state index contributed by atoms with van der Waals surface area (Å²) in [7, 11) is 3.71. The molecule has 1 amide bonds. The highest BCUT2D eigenvalue weighted by molar-refractivity contribution is 5.98. The first-order valence-corrected chi connectivity index (χ1v) is 6.54. The molecule has 104 valence electrons. The van der Waals surface area contributed by atoms with Gasteiger partial charge in [0.15, 0.2) is 0 Å². The Morgan fingerprint density at radius 1 is 1.32 bits per heavy atom. The molecule has 1 heterocycles. The summed E-state index contributed by atoms with van der Waals surface area (Å²) in [5.41, 5.74) is 2.11. The van der Waals surface area contributed by atoms with Crippen molar-refractivity contribution in [3.63, 3.8) is 0 Å². The minimum absolute atomic E-state index is 0.108. The first-order chi connectivity index (χ1) is 9.24. The molecule has 2 rings (SSSR count). The Hall–Kier alpha value is -1.59. The van der Waals surface area contributed by atoms with Crippen LogP contribution in [-0.4, -0.2) is 52.9 Å². The fraction of sp³-hybridized carbons (Fsp3) is 0.500. The number of carbonyl (C=O) groups excluding carboxylic acids is 1. The van der Waals surface area contributed by atoms with E-state index in [9.17, 15) is 4.79 Å². The molecule has 1 aliphatic rings.